The van der Waals surface area contributed by atoms with Crippen LogP contribution in [-0.4, -0.2) is 39.0 Å². The van der Waals surface area contributed by atoms with Gasteiger partial charge in [-0.2, -0.15) is 0 Å². The molecule has 0 aromatic heterocycles. The van der Waals surface area contributed by atoms with Crippen molar-refractivity contribution >= 4 is 31.7 Å². The van der Waals surface area contributed by atoms with Gasteiger partial charge in [-0.1, -0.05) is 15.9 Å². The van der Waals surface area contributed by atoms with E-state index in [4.69, 9.17) is 9.84 Å². The highest BCUT2D eigenvalue weighted by Gasteiger charge is 2.22. The first kappa shape index (κ1) is 15.1. The zero-order chi connectivity index (χ0) is 13.8. The minimum atomic E-state index is -3.62. The zero-order valence-electron chi connectivity index (χ0n) is 9.72. The minimum Gasteiger partial charge on any atom is -0.478 e. The van der Waals surface area contributed by atoms with Crippen molar-refractivity contribution < 1.29 is 23.1 Å². The fraction of sp³-hybridized carbons (Fsp3) is 0.364. The average molecular weight is 337 g/mol. The average Bonchev–Trinajstić information content (AvgIpc) is 2.28. The van der Waals surface area contributed by atoms with Gasteiger partial charge in [0.25, 0.3) is 0 Å². The lowest BCUT2D eigenvalue weighted by atomic mass is 10.2. The summed E-state index contributed by atoms with van der Waals surface area (Å²) >= 11 is 3.14. The molecule has 18 heavy (non-hydrogen) atoms. The van der Waals surface area contributed by atoms with Gasteiger partial charge in [-0.15, -0.1) is 0 Å². The van der Waals surface area contributed by atoms with Crippen LogP contribution in [0.15, 0.2) is 27.6 Å². The molecule has 0 saturated heterocycles. The van der Waals surface area contributed by atoms with Gasteiger partial charge in [0.05, 0.1) is 16.2 Å². The van der Waals surface area contributed by atoms with E-state index < -0.39 is 15.8 Å². The topological polar surface area (TPSA) is 80.7 Å². The maximum absolute atomic E-state index is 12.0. The molecule has 100 valence electrons. The van der Waals surface area contributed by atoms with Crippen LogP contribution in [0.4, 0.5) is 0 Å². The summed E-state index contributed by atoms with van der Waals surface area (Å²) in [7, 11) is -2.14. The molecule has 0 saturated carbocycles. The van der Waals surface area contributed by atoms with Crippen LogP contribution in [0.2, 0.25) is 0 Å². The van der Waals surface area contributed by atoms with Crippen LogP contribution < -0.4 is 0 Å². The molecule has 0 radical (unpaired) electrons. The molecule has 7 heteroatoms. The molecule has 1 rings (SSSR count). The molecule has 1 N–H and O–H groups in total. The standard InChI is InChI=1S/C11H13BrO5S/c1-17-5-2-6-18(15,16)10-7-8(12)3-4-9(10)11(13)14/h3-4,7H,2,5-6H2,1H3,(H,13,14). The van der Waals surface area contributed by atoms with Gasteiger partial charge >= 0.3 is 5.97 Å². The largest absolute Gasteiger partial charge is 0.478 e. The molecular formula is C11H13BrO5S. The number of rotatable bonds is 6. The van der Waals surface area contributed by atoms with Gasteiger partial charge in [-0.3, -0.25) is 0 Å². The van der Waals surface area contributed by atoms with E-state index in [0.29, 0.717) is 17.5 Å². The number of benzene rings is 1. The third-order valence-electron chi connectivity index (χ3n) is 2.27. The van der Waals surface area contributed by atoms with Gasteiger partial charge in [0.1, 0.15) is 0 Å². The summed E-state index contributed by atoms with van der Waals surface area (Å²) in [5.74, 6) is -1.40. The zero-order valence-corrected chi connectivity index (χ0v) is 12.1. The third-order valence-corrected chi connectivity index (χ3v) is 4.60. The summed E-state index contributed by atoms with van der Waals surface area (Å²) in [4.78, 5) is 10.8. The fourth-order valence-electron chi connectivity index (χ4n) is 1.43. The number of ether oxygens (including phenoxy) is 1. The van der Waals surface area contributed by atoms with Crippen LogP contribution in [0.25, 0.3) is 0 Å². The molecule has 1 aromatic rings. The number of carbonyl (C=O) groups is 1. The lowest BCUT2D eigenvalue weighted by Gasteiger charge is -2.08. The predicted octanol–water partition coefficient (Wildman–Crippen LogP) is 1.96. The number of halogens is 1. The van der Waals surface area contributed by atoms with E-state index in [-0.39, 0.29) is 16.2 Å². The highest BCUT2D eigenvalue weighted by Crippen LogP contribution is 2.23. The van der Waals surface area contributed by atoms with E-state index in [1.165, 1.54) is 25.3 Å². The number of carboxylic acids is 1. The summed E-state index contributed by atoms with van der Waals surface area (Å²) < 4.78 is 29.4. The Hall–Kier alpha value is -0.920. The van der Waals surface area contributed by atoms with Crippen LogP contribution in [-0.2, 0) is 14.6 Å². The van der Waals surface area contributed by atoms with E-state index in [9.17, 15) is 13.2 Å². The molecule has 0 spiro atoms. The summed E-state index contributed by atoms with van der Waals surface area (Å²) in [6.45, 7) is 0.315. The summed E-state index contributed by atoms with van der Waals surface area (Å²) in [6.07, 6.45) is 0.324. The third kappa shape index (κ3) is 3.79. The number of methoxy groups -OCH3 is 1. The fourth-order valence-corrected chi connectivity index (χ4v) is 3.46. The second kappa shape index (κ2) is 6.31. The highest BCUT2D eigenvalue weighted by molar-refractivity contribution is 9.10. The van der Waals surface area contributed by atoms with Crippen molar-refractivity contribution in [1.29, 1.82) is 0 Å². The maximum Gasteiger partial charge on any atom is 0.337 e. The first-order valence-corrected chi connectivity index (χ1v) is 7.57. The molecule has 0 atom stereocenters. The monoisotopic (exact) mass is 336 g/mol. The van der Waals surface area contributed by atoms with Crippen molar-refractivity contribution in [2.24, 2.45) is 0 Å². The highest BCUT2D eigenvalue weighted by atomic mass is 79.9. The Morgan fingerprint density at radius 1 is 1.44 bits per heavy atom. The molecule has 0 aliphatic carbocycles. The van der Waals surface area contributed by atoms with Crippen molar-refractivity contribution in [2.45, 2.75) is 11.3 Å². The number of carboxylic acid groups (broad SMARTS) is 1. The minimum absolute atomic E-state index is 0.141. The van der Waals surface area contributed by atoms with Crippen molar-refractivity contribution in [3.63, 3.8) is 0 Å². The first-order valence-electron chi connectivity index (χ1n) is 5.13. The Morgan fingerprint density at radius 3 is 2.67 bits per heavy atom. The van der Waals surface area contributed by atoms with Crippen LogP contribution >= 0.6 is 15.9 Å². The normalized spacial score (nSPS) is 11.4. The molecule has 0 unspecified atom stereocenters. The Morgan fingerprint density at radius 2 is 2.11 bits per heavy atom. The second-order valence-corrected chi connectivity index (χ2v) is 6.60. The molecule has 1 aromatic carbocycles. The van der Waals surface area contributed by atoms with Crippen molar-refractivity contribution in [3.8, 4) is 0 Å². The molecule has 0 bridgehead atoms. The van der Waals surface area contributed by atoms with Crippen molar-refractivity contribution in [1.82, 2.24) is 0 Å². The van der Waals surface area contributed by atoms with E-state index in [2.05, 4.69) is 15.9 Å². The van der Waals surface area contributed by atoms with Crippen LogP contribution in [0.5, 0.6) is 0 Å². The first-order chi connectivity index (χ1) is 8.38. The van der Waals surface area contributed by atoms with E-state index >= 15 is 0 Å². The SMILES string of the molecule is COCCCS(=O)(=O)c1cc(Br)ccc1C(=O)O. The number of aromatic carboxylic acids is 1. The van der Waals surface area contributed by atoms with E-state index in [1.54, 1.807) is 0 Å². The van der Waals surface area contributed by atoms with Crippen LogP contribution in [0.1, 0.15) is 16.8 Å². The number of hydrogen-bond donors (Lipinski definition) is 1. The van der Waals surface area contributed by atoms with Gasteiger partial charge in [0, 0.05) is 18.2 Å². The van der Waals surface area contributed by atoms with Gasteiger partial charge < -0.3 is 9.84 Å². The Balaban J connectivity index is 3.14. The Bertz CT molecular complexity index is 538. The quantitative estimate of drug-likeness (QED) is 0.803. The number of hydrogen-bond acceptors (Lipinski definition) is 4. The van der Waals surface area contributed by atoms with Crippen LogP contribution in [0, 0.1) is 0 Å². The molecule has 0 aliphatic heterocycles. The molecule has 5 nitrogen and oxygen atoms in total. The van der Waals surface area contributed by atoms with E-state index in [0.717, 1.165) is 0 Å². The summed E-state index contributed by atoms with van der Waals surface area (Å²) in [5.41, 5.74) is -0.212. The maximum atomic E-state index is 12.0. The van der Waals surface area contributed by atoms with Gasteiger partial charge in [-0.25, -0.2) is 13.2 Å². The Labute approximate surface area is 114 Å². The second-order valence-electron chi connectivity index (χ2n) is 3.61. The lowest BCUT2D eigenvalue weighted by Crippen LogP contribution is -2.13. The molecular weight excluding hydrogens is 324 g/mol. The number of sulfone groups is 1. The van der Waals surface area contributed by atoms with E-state index in [1.807, 2.05) is 0 Å². The van der Waals surface area contributed by atoms with Crippen LogP contribution in [0.3, 0.4) is 0 Å². The lowest BCUT2D eigenvalue weighted by molar-refractivity contribution is 0.0692. The summed E-state index contributed by atoms with van der Waals surface area (Å²) in [6, 6.07) is 4.08. The van der Waals surface area contributed by atoms with Crippen molar-refractivity contribution in [3.05, 3.63) is 28.2 Å². The van der Waals surface area contributed by atoms with Crippen molar-refractivity contribution in [2.75, 3.05) is 19.5 Å². The molecule has 0 fully saturated rings. The van der Waals surface area contributed by atoms with Gasteiger partial charge in [0.15, 0.2) is 9.84 Å². The predicted molar refractivity (Wildman–Crippen MR) is 69.6 cm³/mol. The molecule has 0 amide bonds. The van der Waals surface area contributed by atoms with Gasteiger partial charge in [-0.05, 0) is 24.6 Å². The smallest absolute Gasteiger partial charge is 0.337 e. The van der Waals surface area contributed by atoms with Gasteiger partial charge in [0.2, 0.25) is 0 Å². The Kier molecular flexibility index (Phi) is 5.30. The molecule has 0 aliphatic rings. The summed E-state index contributed by atoms with van der Waals surface area (Å²) in [5, 5.41) is 8.99. The molecule has 0 heterocycles.